The summed E-state index contributed by atoms with van der Waals surface area (Å²) in [6, 6.07) is 8.98. The third-order valence-corrected chi connectivity index (χ3v) is 4.26. The molecule has 0 spiro atoms. The highest BCUT2D eigenvalue weighted by Gasteiger charge is 2.24. The topological polar surface area (TPSA) is 32.3 Å². The van der Waals surface area contributed by atoms with E-state index in [1.165, 1.54) is 11.1 Å². The van der Waals surface area contributed by atoms with Gasteiger partial charge in [0.25, 0.3) is 0 Å². The van der Waals surface area contributed by atoms with Gasteiger partial charge in [-0.1, -0.05) is 38.1 Å². The number of amides is 1. The summed E-state index contributed by atoms with van der Waals surface area (Å²) >= 11 is 0. The van der Waals surface area contributed by atoms with Crippen LogP contribution in [0.15, 0.2) is 24.3 Å². The Kier molecular flexibility index (Phi) is 7.20. The molecule has 0 aliphatic carbocycles. The van der Waals surface area contributed by atoms with Crippen LogP contribution in [0.4, 0.5) is 0 Å². The smallest absolute Gasteiger partial charge is 0.223 e. The van der Waals surface area contributed by atoms with Crippen molar-refractivity contribution >= 4 is 18.3 Å². The first-order chi connectivity index (χ1) is 9.61. The van der Waals surface area contributed by atoms with Gasteiger partial charge in [-0.2, -0.15) is 0 Å². The number of carbonyl (C=O) groups excluding carboxylic acids is 1. The van der Waals surface area contributed by atoms with Crippen LogP contribution in [-0.2, 0) is 11.2 Å². The van der Waals surface area contributed by atoms with Crippen LogP contribution in [0.25, 0.3) is 0 Å². The normalized spacial score (nSPS) is 19.8. The predicted molar refractivity (Wildman–Crippen MR) is 90.1 cm³/mol. The lowest BCUT2D eigenvalue weighted by Gasteiger charge is -2.34. The van der Waals surface area contributed by atoms with Crippen molar-refractivity contribution in [3.63, 3.8) is 0 Å². The fraction of sp³-hybridized carbons (Fsp3) is 0.588. The summed E-state index contributed by atoms with van der Waals surface area (Å²) in [6.07, 6.45) is 1.67. The standard InChI is InChI=1S/C17H26N2O.ClH/c1-4-15-5-7-16(8-6-15)13(2)11-17(20)19-10-9-18-12-14(19)3;/h5-8,13-14,18H,4,9-12H2,1-3H3;1H/t13?,14-;/m0./s1. The quantitative estimate of drug-likeness (QED) is 0.927. The van der Waals surface area contributed by atoms with Crippen LogP contribution in [0.5, 0.6) is 0 Å². The summed E-state index contributed by atoms with van der Waals surface area (Å²) in [7, 11) is 0. The zero-order valence-corrected chi connectivity index (χ0v) is 14.1. The Balaban J connectivity index is 0.00000220. The average Bonchev–Trinajstić information content (AvgIpc) is 2.47. The Hall–Kier alpha value is -1.06. The molecule has 0 radical (unpaired) electrons. The summed E-state index contributed by atoms with van der Waals surface area (Å²) in [5.41, 5.74) is 2.61. The summed E-state index contributed by atoms with van der Waals surface area (Å²) in [4.78, 5) is 14.4. The van der Waals surface area contributed by atoms with E-state index < -0.39 is 0 Å². The number of halogens is 1. The highest BCUT2D eigenvalue weighted by atomic mass is 35.5. The summed E-state index contributed by atoms with van der Waals surface area (Å²) in [6.45, 7) is 9.08. The molecule has 0 saturated carbocycles. The zero-order chi connectivity index (χ0) is 14.5. The van der Waals surface area contributed by atoms with Gasteiger partial charge < -0.3 is 10.2 Å². The molecule has 1 aliphatic heterocycles. The summed E-state index contributed by atoms with van der Waals surface area (Å²) in [5, 5.41) is 3.32. The number of hydrogen-bond acceptors (Lipinski definition) is 2. The second kappa shape index (κ2) is 8.40. The van der Waals surface area contributed by atoms with Gasteiger partial charge in [-0.25, -0.2) is 0 Å². The first-order valence-corrected chi connectivity index (χ1v) is 7.70. The number of hydrogen-bond donors (Lipinski definition) is 1. The second-order valence-electron chi connectivity index (χ2n) is 5.84. The Morgan fingerprint density at radius 3 is 2.62 bits per heavy atom. The van der Waals surface area contributed by atoms with E-state index in [0.29, 0.717) is 12.5 Å². The van der Waals surface area contributed by atoms with Gasteiger partial charge in [0.05, 0.1) is 0 Å². The molecule has 1 aromatic rings. The number of piperazine rings is 1. The van der Waals surface area contributed by atoms with Crippen LogP contribution in [0, 0.1) is 0 Å². The monoisotopic (exact) mass is 310 g/mol. The molecule has 2 rings (SSSR count). The van der Waals surface area contributed by atoms with Crippen LogP contribution < -0.4 is 5.32 Å². The van der Waals surface area contributed by atoms with Gasteiger partial charge in [-0.3, -0.25) is 4.79 Å². The first-order valence-electron chi connectivity index (χ1n) is 7.70. The van der Waals surface area contributed by atoms with E-state index in [1.807, 2.05) is 4.90 Å². The second-order valence-corrected chi connectivity index (χ2v) is 5.84. The van der Waals surface area contributed by atoms with Gasteiger partial charge in [-0.15, -0.1) is 12.4 Å². The minimum absolute atomic E-state index is 0. The molecule has 3 nitrogen and oxygen atoms in total. The number of benzene rings is 1. The van der Waals surface area contributed by atoms with Gasteiger partial charge >= 0.3 is 0 Å². The van der Waals surface area contributed by atoms with Crippen molar-refractivity contribution in [1.29, 1.82) is 0 Å². The molecular weight excluding hydrogens is 284 g/mol. The van der Waals surface area contributed by atoms with Gasteiger partial charge in [0.2, 0.25) is 5.91 Å². The van der Waals surface area contributed by atoms with Crippen molar-refractivity contribution in [2.45, 2.75) is 45.6 Å². The lowest BCUT2D eigenvalue weighted by molar-refractivity contribution is -0.134. The Bertz CT molecular complexity index is 447. The molecule has 1 aromatic carbocycles. The number of aryl methyl sites for hydroxylation is 1. The van der Waals surface area contributed by atoms with Gasteiger partial charge in [-0.05, 0) is 30.4 Å². The summed E-state index contributed by atoms with van der Waals surface area (Å²) in [5.74, 6) is 0.571. The van der Waals surface area contributed by atoms with Crippen molar-refractivity contribution in [3.05, 3.63) is 35.4 Å². The van der Waals surface area contributed by atoms with Crippen molar-refractivity contribution in [2.24, 2.45) is 0 Å². The molecule has 1 unspecified atom stereocenters. The van der Waals surface area contributed by atoms with E-state index >= 15 is 0 Å². The molecule has 0 bridgehead atoms. The Morgan fingerprint density at radius 2 is 2.05 bits per heavy atom. The minimum atomic E-state index is 0. The molecule has 1 aliphatic rings. The molecule has 2 atom stereocenters. The average molecular weight is 311 g/mol. The van der Waals surface area contributed by atoms with E-state index in [9.17, 15) is 4.79 Å². The van der Waals surface area contributed by atoms with Crippen molar-refractivity contribution in [3.8, 4) is 0 Å². The van der Waals surface area contributed by atoms with E-state index in [4.69, 9.17) is 0 Å². The molecule has 4 heteroatoms. The van der Waals surface area contributed by atoms with Crippen LogP contribution in [0.1, 0.15) is 44.2 Å². The zero-order valence-electron chi connectivity index (χ0n) is 13.3. The van der Waals surface area contributed by atoms with Crippen molar-refractivity contribution < 1.29 is 4.79 Å². The lowest BCUT2D eigenvalue weighted by Crippen LogP contribution is -2.52. The Labute approximate surface area is 134 Å². The fourth-order valence-electron chi connectivity index (χ4n) is 2.79. The predicted octanol–water partition coefficient (Wildman–Crippen LogP) is 2.98. The van der Waals surface area contributed by atoms with E-state index in [1.54, 1.807) is 0 Å². The van der Waals surface area contributed by atoms with E-state index in [0.717, 1.165) is 26.1 Å². The van der Waals surface area contributed by atoms with Crippen LogP contribution in [0.2, 0.25) is 0 Å². The van der Waals surface area contributed by atoms with Gasteiger partial charge in [0, 0.05) is 32.1 Å². The minimum Gasteiger partial charge on any atom is -0.337 e. The summed E-state index contributed by atoms with van der Waals surface area (Å²) < 4.78 is 0. The van der Waals surface area contributed by atoms with E-state index in [2.05, 4.69) is 50.4 Å². The molecule has 0 aromatic heterocycles. The molecule has 21 heavy (non-hydrogen) atoms. The van der Waals surface area contributed by atoms with Crippen molar-refractivity contribution in [2.75, 3.05) is 19.6 Å². The molecule has 1 fully saturated rings. The number of nitrogens with zero attached hydrogens (tertiary/aromatic N) is 1. The third-order valence-electron chi connectivity index (χ3n) is 4.26. The molecular formula is C17H27ClN2O. The van der Waals surface area contributed by atoms with Crippen LogP contribution >= 0.6 is 12.4 Å². The molecule has 118 valence electrons. The SMILES string of the molecule is CCc1ccc(C(C)CC(=O)N2CCNC[C@@H]2C)cc1.Cl. The highest BCUT2D eigenvalue weighted by Crippen LogP contribution is 2.21. The molecule has 1 amide bonds. The lowest BCUT2D eigenvalue weighted by atomic mass is 9.95. The Morgan fingerprint density at radius 1 is 1.38 bits per heavy atom. The highest BCUT2D eigenvalue weighted by molar-refractivity contribution is 5.85. The maximum atomic E-state index is 12.4. The number of nitrogens with one attached hydrogen (secondary N) is 1. The van der Waals surface area contributed by atoms with Gasteiger partial charge in [0.1, 0.15) is 0 Å². The largest absolute Gasteiger partial charge is 0.337 e. The maximum Gasteiger partial charge on any atom is 0.223 e. The maximum absolute atomic E-state index is 12.4. The van der Waals surface area contributed by atoms with Crippen LogP contribution in [-0.4, -0.2) is 36.5 Å². The number of carbonyl (C=O) groups is 1. The van der Waals surface area contributed by atoms with Gasteiger partial charge in [0.15, 0.2) is 0 Å². The fourth-order valence-corrected chi connectivity index (χ4v) is 2.79. The molecule has 1 N–H and O–H groups in total. The third kappa shape index (κ3) is 4.72. The molecule has 1 saturated heterocycles. The van der Waals surface area contributed by atoms with Crippen molar-refractivity contribution in [1.82, 2.24) is 10.2 Å². The van der Waals surface area contributed by atoms with E-state index in [-0.39, 0.29) is 24.2 Å². The first kappa shape index (κ1) is 18.0. The van der Waals surface area contributed by atoms with Crippen LogP contribution in [0.3, 0.4) is 0 Å². The number of rotatable bonds is 4. The molecule has 1 heterocycles.